The second-order valence-electron chi connectivity index (χ2n) is 5.25. The average Bonchev–Trinajstić information content (AvgIpc) is 2.57. The van der Waals surface area contributed by atoms with Crippen molar-refractivity contribution in [1.82, 2.24) is 5.32 Å². The highest BCUT2D eigenvalue weighted by Gasteiger charge is 2.63. The number of aliphatic carboxylic acids is 1. The van der Waals surface area contributed by atoms with Crippen LogP contribution in [0.3, 0.4) is 0 Å². The minimum absolute atomic E-state index is 0.372. The van der Waals surface area contributed by atoms with Crippen LogP contribution in [0.4, 0.5) is 22.4 Å². The van der Waals surface area contributed by atoms with Gasteiger partial charge in [-0.1, -0.05) is 42.5 Å². The molecule has 1 unspecified atom stereocenters. The third kappa shape index (κ3) is 3.93. The normalized spacial score (nSPS) is 13.5. The van der Waals surface area contributed by atoms with Crippen molar-refractivity contribution in [2.75, 3.05) is 0 Å². The molecule has 0 aliphatic carbocycles. The summed E-state index contributed by atoms with van der Waals surface area (Å²) in [5, 5.41) is 10.6. The van der Waals surface area contributed by atoms with E-state index >= 15 is 0 Å². The summed E-state index contributed by atoms with van der Waals surface area (Å²) in [6.07, 6.45) is -7.07. The molecule has 0 aromatic heterocycles. The van der Waals surface area contributed by atoms with E-state index in [9.17, 15) is 32.3 Å². The number of rotatable bonds is 5. The molecule has 0 radical (unpaired) electrons. The van der Waals surface area contributed by atoms with E-state index in [4.69, 9.17) is 0 Å². The molecular formula is C17H13F4NO4. The summed E-state index contributed by atoms with van der Waals surface area (Å²) >= 11 is 0. The maximum absolute atomic E-state index is 13.6. The first-order valence-corrected chi connectivity index (χ1v) is 7.22. The van der Waals surface area contributed by atoms with Crippen molar-refractivity contribution >= 4 is 12.1 Å². The van der Waals surface area contributed by atoms with E-state index in [1.165, 1.54) is 5.32 Å². The first-order valence-electron chi connectivity index (χ1n) is 7.22. The van der Waals surface area contributed by atoms with Crippen molar-refractivity contribution in [3.05, 3.63) is 71.5 Å². The standard InChI is InChI=1S/C17H13F4NO4/c18-13-8-4-7-12(9-13)16(14(23)24,17(19,20)21)22-15(25)26-10-11-5-2-1-3-6-11/h1-9H,10H2,(H,22,25)(H,23,24). The summed E-state index contributed by atoms with van der Waals surface area (Å²) in [5.74, 6) is -3.51. The lowest BCUT2D eigenvalue weighted by Gasteiger charge is -2.32. The van der Waals surface area contributed by atoms with Crippen LogP contribution >= 0.6 is 0 Å². The van der Waals surface area contributed by atoms with Crippen molar-refractivity contribution < 1.29 is 37.0 Å². The van der Waals surface area contributed by atoms with E-state index in [-0.39, 0.29) is 6.61 Å². The maximum Gasteiger partial charge on any atom is 0.426 e. The Kier molecular flexibility index (Phi) is 5.49. The zero-order chi connectivity index (χ0) is 19.4. The van der Waals surface area contributed by atoms with Gasteiger partial charge in [-0.3, -0.25) is 5.32 Å². The molecular weight excluding hydrogens is 358 g/mol. The zero-order valence-corrected chi connectivity index (χ0v) is 13.1. The largest absolute Gasteiger partial charge is 0.479 e. The molecule has 0 bridgehead atoms. The molecule has 0 aliphatic rings. The fraction of sp³-hybridized carbons (Fsp3) is 0.176. The van der Waals surface area contributed by atoms with E-state index in [0.717, 1.165) is 18.2 Å². The fourth-order valence-electron chi connectivity index (χ4n) is 2.24. The maximum atomic E-state index is 13.6. The van der Waals surface area contributed by atoms with Crippen LogP contribution < -0.4 is 5.32 Å². The number of nitrogens with one attached hydrogen (secondary N) is 1. The SMILES string of the molecule is O=C(NC(C(=O)O)(c1cccc(F)c1)C(F)(F)F)OCc1ccccc1. The molecule has 1 atom stereocenters. The predicted octanol–water partition coefficient (Wildman–Crippen LogP) is 3.59. The van der Waals surface area contributed by atoms with Gasteiger partial charge in [-0.25, -0.2) is 14.0 Å². The van der Waals surface area contributed by atoms with Gasteiger partial charge in [0.1, 0.15) is 12.4 Å². The van der Waals surface area contributed by atoms with Gasteiger partial charge in [0.2, 0.25) is 0 Å². The Bertz CT molecular complexity index is 795. The van der Waals surface area contributed by atoms with Crippen molar-refractivity contribution in [2.24, 2.45) is 0 Å². The van der Waals surface area contributed by atoms with Crippen LogP contribution in [0.1, 0.15) is 11.1 Å². The number of carboxylic acid groups (broad SMARTS) is 1. The highest BCUT2D eigenvalue weighted by Crippen LogP contribution is 2.39. The van der Waals surface area contributed by atoms with Crippen molar-refractivity contribution in [3.63, 3.8) is 0 Å². The summed E-state index contributed by atoms with van der Waals surface area (Å²) in [5.41, 5.74) is -4.36. The van der Waals surface area contributed by atoms with E-state index in [1.807, 2.05) is 0 Å². The number of hydrogen-bond donors (Lipinski definition) is 2. The van der Waals surface area contributed by atoms with Gasteiger partial charge < -0.3 is 9.84 Å². The van der Waals surface area contributed by atoms with Gasteiger partial charge in [-0.2, -0.15) is 13.2 Å². The van der Waals surface area contributed by atoms with Gasteiger partial charge in [0, 0.05) is 5.56 Å². The van der Waals surface area contributed by atoms with E-state index in [1.54, 1.807) is 30.3 Å². The molecule has 2 N–H and O–H groups in total. The Balaban J connectivity index is 2.32. The summed E-state index contributed by atoms with van der Waals surface area (Å²) in [4.78, 5) is 23.3. The molecule has 0 aliphatic heterocycles. The lowest BCUT2D eigenvalue weighted by atomic mass is 9.89. The molecule has 5 nitrogen and oxygen atoms in total. The summed E-state index contributed by atoms with van der Waals surface area (Å²) in [6, 6.07) is 11.0. The van der Waals surface area contributed by atoms with Crippen LogP contribution in [0.5, 0.6) is 0 Å². The topological polar surface area (TPSA) is 75.6 Å². The third-order valence-electron chi connectivity index (χ3n) is 3.51. The minimum atomic E-state index is -5.46. The molecule has 26 heavy (non-hydrogen) atoms. The summed E-state index contributed by atoms with van der Waals surface area (Å²) in [7, 11) is 0. The number of amides is 1. The zero-order valence-electron chi connectivity index (χ0n) is 13.1. The minimum Gasteiger partial charge on any atom is -0.479 e. The molecule has 9 heteroatoms. The predicted molar refractivity (Wildman–Crippen MR) is 81.5 cm³/mol. The third-order valence-corrected chi connectivity index (χ3v) is 3.51. The van der Waals surface area contributed by atoms with Crippen molar-refractivity contribution in [1.29, 1.82) is 0 Å². The van der Waals surface area contributed by atoms with Gasteiger partial charge in [0.05, 0.1) is 0 Å². The Morgan fingerprint density at radius 3 is 2.23 bits per heavy atom. The van der Waals surface area contributed by atoms with Gasteiger partial charge >= 0.3 is 18.2 Å². The van der Waals surface area contributed by atoms with Gasteiger partial charge in [0.15, 0.2) is 0 Å². The first kappa shape index (κ1) is 19.2. The molecule has 2 aromatic rings. The molecule has 0 fully saturated rings. The highest BCUT2D eigenvalue weighted by atomic mass is 19.4. The number of alkyl carbamates (subject to hydrolysis) is 1. The Morgan fingerprint density at radius 1 is 1.04 bits per heavy atom. The number of halogens is 4. The van der Waals surface area contributed by atoms with Crippen LogP contribution in [0.2, 0.25) is 0 Å². The van der Waals surface area contributed by atoms with Crippen LogP contribution in [-0.4, -0.2) is 23.3 Å². The first-order chi connectivity index (χ1) is 12.2. The number of ether oxygens (including phenoxy) is 1. The van der Waals surface area contributed by atoms with Gasteiger partial charge in [-0.15, -0.1) is 0 Å². The molecule has 0 saturated heterocycles. The number of benzene rings is 2. The molecule has 2 aromatic carbocycles. The Hall–Kier alpha value is -3.10. The number of alkyl halides is 3. The molecule has 2 rings (SSSR count). The van der Waals surface area contributed by atoms with E-state index < -0.39 is 35.2 Å². The lowest BCUT2D eigenvalue weighted by Crippen LogP contribution is -2.61. The highest BCUT2D eigenvalue weighted by molar-refractivity contribution is 5.87. The lowest BCUT2D eigenvalue weighted by molar-refractivity contribution is -0.211. The number of carboxylic acids is 1. The number of carbonyl (C=O) groups excluding carboxylic acids is 1. The van der Waals surface area contributed by atoms with Gasteiger partial charge in [-0.05, 0) is 17.7 Å². The van der Waals surface area contributed by atoms with Crippen LogP contribution in [0, 0.1) is 5.82 Å². The monoisotopic (exact) mass is 371 g/mol. The number of carbonyl (C=O) groups is 2. The van der Waals surface area contributed by atoms with Crippen LogP contribution in [0.15, 0.2) is 54.6 Å². The molecule has 1 amide bonds. The van der Waals surface area contributed by atoms with E-state index in [0.29, 0.717) is 11.6 Å². The van der Waals surface area contributed by atoms with Crippen molar-refractivity contribution in [2.45, 2.75) is 18.3 Å². The quantitative estimate of drug-likeness (QED) is 0.788. The van der Waals surface area contributed by atoms with Gasteiger partial charge in [0.25, 0.3) is 5.54 Å². The Labute approximate surface area is 145 Å². The molecule has 138 valence electrons. The van der Waals surface area contributed by atoms with E-state index in [2.05, 4.69) is 4.74 Å². The van der Waals surface area contributed by atoms with Crippen LogP contribution in [-0.2, 0) is 21.7 Å². The summed E-state index contributed by atoms with van der Waals surface area (Å²) in [6.45, 7) is -0.372. The van der Waals surface area contributed by atoms with Crippen molar-refractivity contribution in [3.8, 4) is 0 Å². The molecule has 0 saturated carbocycles. The fourth-order valence-corrected chi connectivity index (χ4v) is 2.24. The number of hydrogen-bond acceptors (Lipinski definition) is 3. The van der Waals surface area contributed by atoms with Crippen LogP contribution in [0.25, 0.3) is 0 Å². The molecule has 0 heterocycles. The summed E-state index contributed by atoms with van der Waals surface area (Å²) < 4.78 is 58.8. The smallest absolute Gasteiger partial charge is 0.426 e. The second-order valence-corrected chi connectivity index (χ2v) is 5.25. The second kappa shape index (κ2) is 7.42. The molecule has 0 spiro atoms. The average molecular weight is 371 g/mol. The Morgan fingerprint density at radius 2 is 1.69 bits per heavy atom.